The van der Waals surface area contributed by atoms with E-state index in [1.54, 1.807) is 17.6 Å². The number of nitriles is 1. The van der Waals surface area contributed by atoms with Crippen LogP contribution in [0.2, 0.25) is 5.28 Å². The van der Waals surface area contributed by atoms with Crippen molar-refractivity contribution >= 4 is 34.5 Å². The van der Waals surface area contributed by atoms with Gasteiger partial charge in [-0.1, -0.05) is 49.4 Å². The summed E-state index contributed by atoms with van der Waals surface area (Å²) in [6.07, 6.45) is -0.112. The van der Waals surface area contributed by atoms with Crippen molar-refractivity contribution in [3.8, 4) is 17.2 Å². The molecule has 0 unspecified atom stereocenters. The molecule has 2 aromatic heterocycles. The molecule has 1 amide bonds. The van der Waals surface area contributed by atoms with Gasteiger partial charge in [-0.3, -0.25) is 4.79 Å². The summed E-state index contributed by atoms with van der Waals surface area (Å²) in [6.45, 7) is 2.16. The Morgan fingerprint density at radius 2 is 1.92 bits per heavy atom. The van der Waals surface area contributed by atoms with Crippen LogP contribution in [0.4, 0.5) is 5.82 Å². The smallest absolute Gasteiger partial charge is 0.226 e. The number of aliphatic hydroxyl groups excluding tert-OH is 2. The molecule has 4 atom stereocenters. The fourth-order valence-corrected chi connectivity index (χ4v) is 4.98. The lowest BCUT2D eigenvalue weighted by Crippen LogP contribution is -2.42. The number of anilines is 1. The summed E-state index contributed by atoms with van der Waals surface area (Å²) in [4.78, 5) is 24.9. The lowest BCUT2D eigenvalue weighted by molar-refractivity contribution is -0.122. The Morgan fingerprint density at radius 1 is 1.16 bits per heavy atom. The van der Waals surface area contributed by atoms with Gasteiger partial charge in [-0.2, -0.15) is 15.2 Å². The molecule has 0 aliphatic heterocycles. The van der Waals surface area contributed by atoms with E-state index in [0.29, 0.717) is 35.5 Å². The predicted octanol–water partition coefficient (Wildman–Crippen LogP) is 3.19. The Bertz CT molecular complexity index is 1520. The van der Waals surface area contributed by atoms with E-state index in [9.17, 15) is 20.3 Å². The number of hydrogen-bond acceptors (Lipinski definition) is 8. The number of aliphatic hydroxyl groups is 2. The molecule has 0 saturated heterocycles. The molecule has 0 radical (unpaired) electrons. The Balaban J connectivity index is 1.35. The molecule has 2 heterocycles. The highest BCUT2D eigenvalue weighted by Gasteiger charge is 2.43. The number of amides is 1. The normalized spacial score (nSPS) is 20.8. The molecule has 38 heavy (non-hydrogen) atoms. The van der Waals surface area contributed by atoms with E-state index in [0.717, 1.165) is 16.7 Å². The molecular weight excluding hydrogens is 506 g/mol. The van der Waals surface area contributed by atoms with Gasteiger partial charge in [0.15, 0.2) is 17.0 Å². The summed E-state index contributed by atoms with van der Waals surface area (Å²) < 4.78 is 1.67. The van der Waals surface area contributed by atoms with Crippen LogP contribution >= 0.6 is 11.6 Å². The predicted molar refractivity (Wildman–Crippen MR) is 142 cm³/mol. The van der Waals surface area contributed by atoms with Gasteiger partial charge >= 0.3 is 0 Å². The zero-order valence-electron chi connectivity index (χ0n) is 20.5. The Labute approximate surface area is 223 Å². The lowest BCUT2D eigenvalue weighted by Gasteiger charge is -2.18. The van der Waals surface area contributed by atoms with Gasteiger partial charge in [-0.25, -0.2) is 4.98 Å². The third kappa shape index (κ3) is 4.91. The Morgan fingerprint density at radius 3 is 2.66 bits per heavy atom. The van der Waals surface area contributed by atoms with Crippen LogP contribution in [0.25, 0.3) is 22.3 Å². The third-order valence-corrected chi connectivity index (χ3v) is 7.01. The van der Waals surface area contributed by atoms with E-state index in [1.807, 2.05) is 42.5 Å². The van der Waals surface area contributed by atoms with Crippen LogP contribution in [-0.2, 0) is 11.3 Å². The van der Waals surface area contributed by atoms with E-state index in [2.05, 4.69) is 31.7 Å². The number of nitrogens with zero attached hydrogens (tertiary/aromatic N) is 5. The number of hydrogen-bond donors (Lipinski definition) is 4. The van der Waals surface area contributed by atoms with Crippen LogP contribution in [0.5, 0.6) is 0 Å². The van der Waals surface area contributed by atoms with Crippen LogP contribution in [-0.4, -0.2) is 53.9 Å². The van der Waals surface area contributed by atoms with Crippen molar-refractivity contribution in [3.05, 3.63) is 71.3 Å². The largest absolute Gasteiger partial charge is 0.388 e. The van der Waals surface area contributed by atoms with Gasteiger partial charge in [0.1, 0.15) is 12.2 Å². The zero-order chi connectivity index (χ0) is 26.8. The van der Waals surface area contributed by atoms with Gasteiger partial charge in [0.2, 0.25) is 11.2 Å². The molecule has 1 aliphatic carbocycles. The summed E-state index contributed by atoms with van der Waals surface area (Å²) in [7, 11) is 0. The standard InChI is InChI=1S/C27H26ClN7O3/c1-2-21(36)32-19-11-20(24(38)23(19)37)35-14-31-22-25(33-27(28)34-26(22)35)30-13-15-7-9-16(10-8-15)18-6-4-3-5-17(18)12-29/h3-10,14,19-20,23-24,37-38H,2,11,13H2,1H3,(H,32,36)(H,30,33,34)/t19-,20+,23+,24-/m0/s1. The van der Waals surface area contributed by atoms with E-state index in [1.165, 1.54) is 6.33 Å². The van der Waals surface area contributed by atoms with Crippen molar-refractivity contribution in [2.24, 2.45) is 0 Å². The molecule has 1 aliphatic rings. The zero-order valence-corrected chi connectivity index (χ0v) is 21.3. The molecule has 1 saturated carbocycles. The molecule has 11 heteroatoms. The minimum atomic E-state index is -1.12. The molecular formula is C27H26ClN7O3. The monoisotopic (exact) mass is 531 g/mol. The lowest BCUT2D eigenvalue weighted by atomic mass is 9.99. The van der Waals surface area contributed by atoms with E-state index >= 15 is 0 Å². The van der Waals surface area contributed by atoms with Gasteiger partial charge in [0.25, 0.3) is 0 Å². The first kappa shape index (κ1) is 25.6. The maximum absolute atomic E-state index is 11.8. The Hall–Kier alpha value is -4.04. The van der Waals surface area contributed by atoms with Gasteiger partial charge in [-0.15, -0.1) is 0 Å². The first-order chi connectivity index (χ1) is 18.4. The number of carbonyl (C=O) groups excluding carboxylic acids is 1. The minimum Gasteiger partial charge on any atom is -0.388 e. The summed E-state index contributed by atoms with van der Waals surface area (Å²) in [5.41, 5.74) is 4.30. The first-order valence-electron chi connectivity index (χ1n) is 12.3. The van der Waals surface area contributed by atoms with Crippen molar-refractivity contribution in [1.82, 2.24) is 24.8 Å². The first-order valence-corrected chi connectivity index (χ1v) is 12.6. The summed E-state index contributed by atoms with van der Waals surface area (Å²) in [6, 6.07) is 16.4. The molecule has 1 fully saturated rings. The molecule has 10 nitrogen and oxygen atoms in total. The number of nitrogens with one attached hydrogen (secondary N) is 2. The van der Waals surface area contributed by atoms with Crippen molar-refractivity contribution in [2.45, 2.75) is 50.6 Å². The number of carbonyl (C=O) groups is 1. The van der Waals surface area contributed by atoms with Crippen molar-refractivity contribution in [1.29, 1.82) is 5.26 Å². The third-order valence-electron chi connectivity index (χ3n) is 6.84. The number of imidazole rings is 1. The van der Waals surface area contributed by atoms with E-state index in [4.69, 9.17) is 11.6 Å². The number of halogens is 1. The van der Waals surface area contributed by atoms with Crippen molar-refractivity contribution in [3.63, 3.8) is 0 Å². The average molecular weight is 532 g/mol. The van der Waals surface area contributed by atoms with E-state index in [-0.39, 0.29) is 17.6 Å². The molecule has 0 bridgehead atoms. The maximum Gasteiger partial charge on any atom is 0.226 e. The summed E-state index contributed by atoms with van der Waals surface area (Å²) >= 11 is 6.24. The average Bonchev–Trinajstić information content (AvgIpc) is 3.47. The highest BCUT2D eigenvalue weighted by atomic mass is 35.5. The fraction of sp³-hybridized carbons (Fsp3) is 0.296. The second kappa shape index (κ2) is 10.8. The topological polar surface area (TPSA) is 149 Å². The van der Waals surface area contributed by atoms with Gasteiger partial charge in [-0.05, 0) is 40.8 Å². The second-order valence-electron chi connectivity index (χ2n) is 9.18. The SMILES string of the molecule is CCC(=O)N[C@H]1C[C@@H](n2cnc3c(NCc4ccc(-c5ccccc5C#N)cc4)nc(Cl)nc32)[C@H](O)[C@@H]1O. The van der Waals surface area contributed by atoms with Crippen molar-refractivity contribution in [2.75, 3.05) is 5.32 Å². The second-order valence-corrected chi connectivity index (χ2v) is 9.52. The summed E-state index contributed by atoms with van der Waals surface area (Å²) in [5, 5.41) is 36.6. The summed E-state index contributed by atoms with van der Waals surface area (Å²) in [5.74, 6) is 0.234. The molecule has 2 aromatic carbocycles. The quantitative estimate of drug-likeness (QED) is 0.266. The van der Waals surface area contributed by atoms with Gasteiger partial charge < -0.3 is 25.4 Å². The highest BCUT2D eigenvalue weighted by molar-refractivity contribution is 6.28. The van der Waals surface area contributed by atoms with Crippen LogP contribution < -0.4 is 10.6 Å². The highest BCUT2D eigenvalue weighted by Crippen LogP contribution is 2.34. The maximum atomic E-state index is 11.8. The Kier molecular flexibility index (Phi) is 7.24. The number of benzene rings is 2. The number of rotatable bonds is 7. The minimum absolute atomic E-state index is 0.00841. The molecule has 5 rings (SSSR count). The van der Waals surface area contributed by atoms with Gasteiger partial charge in [0, 0.05) is 13.0 Å². The van der Waals surface area contributed by atoms with Crippen LogP contribution in [0, 0.1) is 11.3 Å². The van der Waals surface area contributed by atoms with Crippen LogP contribution in [0.1, 0.15) is 36.9 Å². The molecule has 194 valence electrons. The van der Waals surface area contributed by atoms with E-state index < -0.39 is 24.3 Å². The molecule has 4 aromatic rings. The van der Waals surface area contributed by atoms with Crippen molar-refractivity contribution < 1.29 is 15.0 Å². The number of aromatic nitrogens is 4. The van der Waals surface area contributed by atoms with Crippen LogP contribution in [0.3, 0.4) is 0 Å². The fourth-order valence-electron chi connectivity index (χ4n) is 4.81. The van der Waals surface area contributed by atoms with Gasteiger partial charge in [0.05, 0.1) is 30.0 Å². The molecule has 4 N–H and O–H groups in total. The van der Waals surface area contributed by atoms with Crippen LogP contribution in [0.15, 0.2) is 54.9 Å². The number of fused-ring (bicyclic) bond motifs is 1. The molecule has 0 spiro atoms.